The van der Waals surface area contributed by atoms with Gasteiger partial charge in [0.25, 0.3) is 0 Å². The van der Waals surface area contributed by atoms with E-state index in [4.69, 9.17) is 9.47 Å². The molecule has 0 bridgehead atoms. The van der Waals surface area contributed by atoms with Gasteiger partial charge in [0, 0.05) is 12.5 Å². The zero-order chi connectivity index (χ0) is 14.6. The Balaban J connectivity index is 1.81. The van der Waals surface area contributed by atoms with Gasteiger partial charge in [-0.1, -0.05) is 45.0 Å². The van der Waals surface area contributed by atoms with Gasteiger partial charge < -0.3 is 14.6 Å². The summed E-state index contributed by atoms with van der Waals surface area (Å²) in [4.78, 5) is 0. The second-order valence-corrected chi connectivity index (χ2v) is 6.65. The van der Waals surface area contributed by atoms with Crippen molar-refractivity contribution in [1.29, 1.82) is 0 Å². The average Bonchev–Trinajstić information content (AvgIpc) is 2.91. The molecule has 1 aromatic carbocycles. The van der Waals surface area contributed by atoms with E-state index in [9.17, 15) is 5.11 Å². The number of benzene rings is 1. The molecule has 2 unspecified atom stereocenters. The zero-order valence-electron chi connectivity index (χ0n) is 12.8. The number of aliphatic hydroxyl groups excluding tert-OH is 1. The van der Waals surface area contributed by atoms with Crippen LogP contribution in [0.1, 0.15) is 44.4 Å². The average molecular weight is 278 g/mol. The molecule has 0 aliphatic carbocycles. The van der Waals surface area contributed by atoms with Crippen LogP contribution < -0.4 is 0 Å². The molecule has 3 heteroatoms. The predicted molar refractivity (Wildman–Crippen MR) is 79.8 cm³/mol. The molecule has 2 rings (SSSR count). The fourth-order valence-electron chi connectivity index (χ4n) is 2.36. The van der Waals surface area contributed by atoms with E-state index in [1.807, 2.05) is 12.1 Å². The Bertz CT molecular complexity index is 399. The minimum absolute atomic E-state index is 0.141. The minimum atomic E-state index is -0.550. The lowest BCUT2D eigenvalue weighted by molar-refractivity contribution is 0.0185. The highest BCUT2D eigenvalue weighted by Gasteiger charge is 2.17. The van der Waals surface area contributed by atoms with Crippen LogP contribution in [-0.2, 0) is 14.9 Å². The van der Waals surface area contributed by atoms with Gasteiger partial charge in [-0.2, -0.15) is 0 Å². The molecule has 1 fully saturated rings. The molecule has 1 N–H and O–H groups in total. The van der Waals surface area contributed by atoms with Gasteiger partial charge in [-0.15, -0.1) is 0 Å². The third-order valence-corrected chi connectivity index (χ3v) is 3.81. The lowest BCUT2D eigenvalue weighted by atomic mass is 9.86. The molecule has 1 heterocycles. The quantitative estimate of drug-likeness (QED) is 0.899. The smallest absolute Gasteiger partial charge is 0.102 e. The zero-order valence-corrected chi connectivity index (χ0v) is 12.8. The molecule has 1 saturated heterocycles. The SMILES string of the molecule is CC(C)(C)c1ccc(C(O)COCC2CCOC2)cc1. The van der Waals surface area contributed by atoms with Gasteiger partial charge in [0.1, 0.15) is 6.10 Å². The van der Waals surface area contributed by atoms with Crippen LogP contribution in [0.25, 0.3) is 0 Å². The molecule has 20 heavy (non-hydrogen) atoms. The number of aliphatic hydroxyl groups is 1. The Morgan fingerprint density at radius 3 is 2.55 bits per heavy atom. The first-order chi connectivity index (χ1) is 9.47. The van der Waals surface area contributed by atoms with Crippen LogP contribution >= 0.6 is 0 Å². The molecule has 112 valence electrons. The maximum absolute atomic E-state index is 10.1. The van der Waals surface area contributed by atoms with Crippen LogP contribution in [0.4, 0.5) is 0 Å². The summed E-state index contributed by atoms with van der Waals surface area (Å²) in [5, 5.41) is 10.1. The van der Waals surface area contributed by atoms with Crippen molar-refractivity contribution in [3.63, 3.8) is 0 Å². The largest absolute Gasteiger partial charge is 0.386 e. The van der Waals surface area contributed by atoms with Gasteiger partial charge in [0.2, 0.25) is 0 Å². The summed E-state index contributed by atoms with van der Waals surface area (Å²) in [7, 11) is 0. The highest BCUT2D eigenvalue weighted by atomic mass is 16.5. The van der Waals surface area contributed by atoms with Crippen molar-refractivity contribution >= 4 is 0 Å². The summed E-state index contributed by atoms with van der Waals surface area (Å²) in [6.07, 6.45) is 0.516. The third kappa shape index (κ3) is 4.30. The molecule has 1 aliphatic rings. The van der Waals surface area contributed by atoms with E-state index < -0.39 is 6.10 Å². The summed E-state index contributed by atoms with van der Waals surface area (Å²) < 4.78 is 10.9. The van der Waals surface area contributed by atoms with E-state index in [1.54, 1.807) is 0 Å². The molecule has 0 aromatic heterocycles. The predicted octanol–water partition coefficient (Wildman–Crippen LogP) is 3.07. The Kier molecular flexibility index (Phi) is 5.19. The molecule has 2 atom stereocenters. The lowest BCUT2D eigenvalue weighted by Gasteiger charge is -2.20. The molecule has 0 radical (unpaired) electrons. The van der Waals surface area contributed by atoms with Gasteiger partial charge in [-0.25, -0.2) is 0 Å². The van der Waals surface area contributed by atoms with E-state index in [0.717, 1.165) is 25.2 Å². The van der Waals surface area contributed by atoms with E-state index in [1.165, 1.54) is 5.56 Å². The number of ether oxygens (including phenoxy) is 2. The van der Waals surface area contributed by atoms with Crippen LogP contribution in [-0.4, -0.2) is 31.5 Å². The summed E-state index contributed by atoms with van der Waals surface area (Å²) >= 11 is 0. The number of rotatable bonds is 5. The first-order valence-electron chi connectivity index (χ1n) is 7.41. The van der Waals surface area contributed by atoms with Crippen molar-refractivity contribution in [3.05, 3.63) is 35.4 Å². The monoisotopic (exact) mass is 278 g/mol. The second-order valence-electron chi connectivity index (χ2n) is 6.65. The van der Waals surface area contributed by atoms with Crippen LogP contribution in [0.15, 0.2) is 24.3 Å². The summed E-state index contributed by atoms with van der Waals surface area (Å²) in [6, 6.07) is 8.16. The van der Waals surface area contributed by atoms with Crippen LogP contribution in [0, 0.1) is 5.92 Å². The molecule has 1 aliphatic heterocycles. The van der Waals surface area contributed by atoms with Crippen LogP contribution in [0.3, 0.4) is 0 Å². The van der Waals surface area contributed by atoms with Crippen molar-refractivity contribution in [2.24, 2.45) is 5.92 Å². The molecule has 0 spiro atoms. The highest BCUT2D eigenvalue weighted by molar-refractivity contribution is 5.28. The summed E-state index contributed by atoms with van der Waals surface area (Å²) in [6.45, 7) is 9.21. The maximum Gasteiger partial charge on any atom is 0.102 e. The Morgan fingerprint density at radius 2 is 2.00 bits per heavy atom. The summed E-state index contributed by atoms with van der Waals surface area (Å²) in [5.74, 6) is 0.491. The van der Waals surface area contributed by atoms with Crippen LogP contribution in [0.5, 0.6) is 0 Å². The molecule has 1 aromatic rings. The van der Waals surface area contributed by atoms with Gasteiger partial charge >= 0.3 is 0 Å². The van der Waals surface area contributed by atoms with Crippen molar-refractivity contribution in [2.45, 2.75) is 38.7 Å². The number of hydrogen-bond donors (Lipinski definition) is 1. The standard InChI is InChI=1S/C17H26O3/c1-17(2,3)15-6-4-14(5-7-15)16(18)12-20-11-13-8-9-19-10-13/h4-7,13,16,18H,8-12H2,1-3H3. The van der Waals surface area contributed by atoms with E-state index in [2.05, 4.69) is 32.9 Å². The van der Waals surface area contributed by atoms with E-state index in [0.29, 0.717) is 19.1 Å². The first kappa shape index (κ1) is 15.5. The normalized spacial score (nSPS) is 21.1. The van der Waals surface area contributed by atoms with Crippen molar-refractivity contribution < 1.29 is 14.6 Å². The molecule has 0 amide bonds. The first-order valence-corrected chi connectivity index (χ1v) is 7.41. The molecule has 0 saturated carbocycles. The fourth-order valence-corrected chi connectivity index (χ4v) is 2.36. The third-order valence-electron chi connectivity index (χ3n) is 3.81. The highest BCUT2D eigenvalue weighted by Crippen LogP contribution is 2.24. The Morgan fingerprint density at radius 1 is 1.30 bits per heavy atom. The van der Waals surface area contributed by atoms with Crippen LogP contribution in [0.2, 0.25) is 0 Å². The van der Waals surface area contributed by atoms with Gasteiger partial charge in [0.15, 0.2) is 0 Å². The Hall–Kier alpha value is -0.900. The molecular weight excluding hydrogens is 252 g/mol. The van der Waals surface area contributed by atoms with Gasteiger partial charge in [-0.05, 0) is 23.0 Å². The van der Waals surface area contributed by atoms with Crippen molar-refractivity contribution in [1.82, 2.24) is 0 Å². The molecular formula is C17H26O3. The minimum Gasteiger partial charge on any atom is -0.386 e. The fraction of sp³-hybridized carbons (Fsp3) is 0.647. The lowest BCUT2D eigenvalue weighted by Crippen LogP contribution is -2.15. The van der Waals surface area contributed by atoms with E-state index in [-0.39, 0.29) is 5.41 Å². The summed E-state index contributed by atoms with van der Waals surface area (Å²) in [5.41, 5.74) is 2.33. The topological polar surface area (TPSA) is 38.7 Å². The van der Waals surface area contributed by atoms with Crippen molar-refractivity contribution in [2.75, 3.05) is 26.4 Å². The van der Waals surface area contributed by atoms with E-state index >= 15 is 0 Å². The maximum atomic E-state index is 10.1. The molecule has 3 nitrogen and oxygen atoms in total. The van der Waals surface area contributed by atoms with Crippen molar-refractivity contribution in [3.8, 4) is 0 Å². The van der Waals surface area contributed by atoms with Gasteiger partial charge in [0.05, 0.1) is 19.8 Å². The number of hydrogen-bond acceptors (Lipinski definition) is 3. The Labute approximate surface area is 121 Å². The van der Waals surface area contributed by atoms with Gasteiger partial charge in [-0.3, -0.25) is 0 Å². The second kappa shape index (κ2) is 6.70.